The van der Waals surface area contributed by atoms with E-state index in [1.54, 1.807) is 12.7 Å². The number of hydrogen-bond donors (Lipinski definition) is 0. The molecule has 3 saturated carbocycles. The molecule has 4 aliphatic carbocycles. The smallest absolute Gasteiger partial charge is 0.334 e. The third kappa shape index (κ3) is 4.84. The molecule has 0 bridgehead atoms. The number of fused-ring (bicyclic) bond motifs is 7. The fraction of sp³-hybridized carbons (Fsp3) is 0.861. The number of epoxide rings is 1. The summed E-state index contributed by atoms with van der Waals surface area (Å²) in [6, 6.07) is 0. The minimum Gasteiger partial charge on any atom is -0.483 e. The van der Waals surface area contributed by atoms with Gasteiger partial charge in [0.05, 0.1) is 0 Å². The van der Waals surface area contributed by atoms with Crippen LogP contribution in [0.2, 0.25) is 18.1 Å². The van der Waals surface area contributed by atoms with Crippen LogP contribution >= 0.6 is 0 Å². The van der Waals surface area contributed by atoms with Crippen molar-refractivity contribution in [1.29, 1.82) is 0 Å². The number of ether oxygens (including phenoxy) is 4. The Kier molecular flexibility index (Phi) is 7.72. The van der Waals surface area contributed by atoms with Crippen molar-refractivity contribution in [3.63, 3.8) is 0 Å². The summed E-state index contributed by atoms with van der Waals surface area (Å²) >= 11 is 0. The molecule has 0 spiro atoms. The lowest BCUT2D eigenvalue weighted by molar-refractivity contribution is -0.226. The molecule has 242 valence electrons. The van der Waals surface area contributed by atoms with Gasteiger partial charge in [0.25, 0.3) is 0 Å². The van der Waals surface area contributed by atoms with Crippen LogP contribution < -0.4 is 0 Å². The van der Waals surface area contributed by atoms with Gasteiger partial charge in [-0.05, 0) is 118 Å². The van der Waals surface area contributed by atoms with Crippen LogP contribution in [-0.2, 0) is 28.2 Å². The van der Waals surface area contributed by atoms with Gasteiger partial charge in [-0.25, -0.2) is 4.79 Å². The number of carbonyl (C=O) groups is 1. The molecule has 0 radical (unpaired) electrons. The number of carbonyl (C=O) groups excluding carboxylic acids is 1. The molecule has 43 heavy (non-hydrogen) atoms. The molecule has 1 unspecified atom stereocenters. The van der Waals surface area contributed by atoms with Crippen LogP contribution in [0.5, 0.6) is 0 Å². The number of rotatable bonds is 7. The average molecular weight is 615 g/mol. The molecule has 6 nitrogen and oxygen atoms in total. The van der Waals surface area contributed by atoms with E-state index in [-0.39, 0.29) is 46.8 Å². The van der Waals surface area contributed by atoms with E-state index in [1.807, 2.05) is 6.92 Å². The molecule has 0 amide bonds. The largest absolute Gasteiger partial charge is 0.483 e. The van der Waals surface area contributed by atoms with Crippen LogP contribution in [0.3, 0.4) is 0 Å². The first-order valence-corrected chi connectivity index (χ1v) is 20.0. The third-order valence-corrected chi connectivity index (χ3v) is 18.7. The Hall–Kier alpha value is -1.15. The molecule has 6 aliphatic rings. The molecule has 0 N–H and O–H groups in total. The normalized spacial score (nSPS) is 42.3. The zero-order chi connectivity index (χ0) is 31.3. The molecule has 10 atom stereocenters. The zero-order valence-corrected chi connectivity index (χ0v) is 29.9. The van der Waals surface area contributed by atoms with Gasteiger partial charge < -0.3 is 23.4 Å². The van der Waals surface area contributed by atoms with Gasteiger partial charge in [0.1, 0.15) is 24.3 Å². The molecule has 2 aliphatic heterocycles. The standard InChI is InChI=1S/C36H58O6Si/c1-21-18-28(40-32(37)22(21)2)36(8,39-20-38-9)27-13-12-24-29-25(15-17-35(24,27)7)34(6)16-14-23(19-26(34)30-31(29)41-30)42-43(10,11)33(3,4)5/h23-25,27-29,31H,12-20H2,1-11H3/t23-,24-,25-,27-,28?,29-,31-,34+,35-,36+/m0/s1. The predicted molar refractivity (Wildman–Crippen MR) is 171 cm³/mol. The maximum absolute atomic E-state index is 12.9. The minimum atomic E-state index is -1.82. The molecule has 6 rings (SSSR count). The quantitative estimate of drug-likeness (QED) is 0.124. The fourth-order valence-corrected chi connectivity index (χ4v) is 11.7. The van der Waals surface area contributed by atoms with E-state index >= 15 is 0 Å². The lowest BCUT2D eigenvalue weighted by Gasteiger charge is -2.58. The Morgan fingerprint density at radius 2 is 1.67 bits per heavy atom. The summed E-state index contributed by atoms with van der Waals surface area (Å²) in [5.41, 5.74) is 3.12. The molecular formula is C36H58O6Si. The maximum atomic E-state index is 12.9. The Bertz CT molecular complexity index is 1210. The Labute approximate surface area is 261 Å². The summed E-state index contributed by atoms with van der Waals surface area (Å²) in [7, 11) is -0.146. The van der Waals surface area contributed by atoms with Gasteiger partial charge in [-0.1, -0.05) is 40.2 Å². The van der Waals surface area contributed by atoms with E-state index in [9.17, 15) is 4.79 Å². The minimum absolute atomic E-state index is 0.0910. The molecule has 7 heteroatoms. The summed E-state index contributed by atoms with van der Waals surface area (Å²) in [6.07, 6.45) is 9.07. The molecule has 0 aromatic carbocycles. The van der Waals surface area contributed by atoms with E-state index < -0.39 is 13.9 Å². The zero-order valence-electron chi connectivity index (χ0n) is 28.9. The molecule has 2 heterocycles. The number of esters is 1. The summed E-state index contributed by atoms with van der Waals surface area (Å²) < 4.78 is 31.8. The predicted octanol–water partition coefficient (Wildman–Crippen LogP) is 8.32. The SMILES string of the molecule is COCO[C@@](C)(C1CC(C)=C(C)C(=O)O1)[C@H]1CC[C@H]2[C@@H]3[C@@H]4OC4=C4C[C@@H](O[Si](C)(C)C(C)(C)C)CC[C@]4(C)[C@H]3CC[C@@]21C. The lowest BCUT2D eigenvalue weighted by Crippen LogP contribution is -2.59. The second kappa shape index (κ2) is 10.4. The van der Waals surface area contributed by atoms with Crippen LogP contribution in [0, 0.1) is 34.5 Å². The van der Waals surface area contributed by atoms with E-state index in [0.717, 1.165) is 36.8 Å². The van der Waals surface area contributed by atoms with E-state index in [0.29, 0.717) is 23.9 Å². The van der Waals surface area contributed by atoms with Gasteiger partial charge in [-0.3, -0.25) is 0 Å². The molecule has 1 saturated heterocycles. The molecule has 4 fully saturated rings. The summed E-state index contributed by atoms with van der Waals surface area (Å²) in [4.78, 5) is 12.9. The van der Waals surface area contributed by atoms with Crippen molar-refractivity contribution in [2.45, 2.75) is 149 Å². The first-order valence-electron chi connectivity index (χ1n) is 17.1. The van der Waals surface area contributed by atoms with Crippen molar-refractivity contribution in [3.8, 4) is 0 Å². The summed E-state index contributed by atoms with van der Waals surface area (Å²) in [5, 5.41) is 0.222. The second-order valence-electron chi connectivity index (χ2n) is 17.2. The first-order chi connectivity index (χ1) is 20.0. The van der Waals surface area contributed by atoms with Crippen LogP contribution in [0.1, 0.15) is 107 Å². The van der Waals surface area contributed by atoms with Crippen LogP contribution in [0.4, 0.5) is 0 Å². The number of cyclic esters (lactones) is 1. The van der Waals surface area contributed by atoms with Crippen molar-refractivity contribution in [2.75, 3.05) is 13.9 Å². The molecule has 0 aromatic rings. The van der Waals surface area contributed by atoms with Gasteiger partial charge in [-0.15, -0.1) is 0 Å². The van der Waals surface area contributed by atoms with Crippen molar-refractivity contribution in [1.82, 2.24) is 0 Å². The van der Waals surface area contributed by atoms with Gasteiger partial charge in [0.2, 0.25) is 0 Å². The molecular weight excluding hydrogens is 556 g/mol. The monoisotopic (exact) mass is 614 g/mol. The Morgan fingerprint density at radius 1 is 0.953 bits per heavy atom. The van der Waals surface area contributed by atoms with Crippen LogP contribution in [-0.4, -0.2) is 52.1 Å². The lowest BCUT2D eigenvalue weighted by atomic mass is 9.46. The van der Waals surface area contributed by atoms with Crippen LogP contribution in [0.25, 0.3) is 0 Å². The van der Waals surface area contributed by atoms with Gasteiger partial charge in [-0.2, -0.15) is 0 Å². The van der Waals surface area contributed by atoms with Crippen molar-refractivity contribution >= 4 is 14.3 Å². The Morgan fingerprint density at radius 3 is 2.33 bits per heavy atom. The van der Waals surface area contributed by atoms with Gasteiger partial charge in [0, 0.05) is 31.1 Å². The maximum Gasteiger partial charge on any atom is 0.334 e. The summed E-state index contributed by atoms with van der Waals surface area (Å²) in [5.74, 6) is 3.16. The second-order valence-corrected chi connectivity index (χ2v) is 22.0. The van der Waals surface area contributed by atoms with Crippen molar-refractivity contribution < 1.29 is 28.2 Å². The highest BCUT2D eigenvalue weighted by molar-refractivity contribution is 6.74. The highest BCUT2D eigenvalue weighted by atomic mass is 28.4. The first kappa shape index (κ1) is 31.8. The van der Waals surface area contributed by atoms with Crippen molar-refractivity contribution in [3.05, 3.63) is 22.5 Å². The Balaban J connectivity index is 1.27. The fourth-order valence-electron chi connectivity index (χ4n) is 10.3. The van der Waals surface area contributed by atoms with E-state index in [2.05, 4.69) is 61.6 Å². The average Bonchev–Trinajstić information content (AvgIpc) is 3.63. The van der Waals surface area contributed by atoms with Gasteiger partial charge >= 0.3 is 5.97 Å². The van der Waals surface area contributed by atoms with Gasteiger partial charge in [0.15, 0.2) is 14.4 Å². The van der Waals surface area contributed by atoms with Crippen molar-refractivity contribution in [2.24, 2.45) is 34.5 Å². The van der Waals surface area contributed by atoms with E-state index in [1.165, 1.54) is 31.4 Å². The molecule has 0 aromatic heterocycles. The third-order valence-electron chi connectivity index (χ3n) is 14.1. The number of hydrogen-bond acceptors (Lipinski definition) is 6. The summed E-state index contributed by atoms with van der Waals surface area (Å²) in [6.45, 7) is 23.2. The number of methoxy groups -OCH3 is 1. The van der Waals surface area contributed by atoms with Crippen LogP contribution in [0.15, 0.2) is 22.5 Å². The highest BCUT2D eigenvalue weighted by Crippen LogP contribution is 2.72. The highest BCUT2D eigenvalue weighted by Gasteiger charge is 2.69. The topological polar surface area (TPSA) is 66.5 Å². The van der Waals surface area contributed by atoms with E-state index in [4.69, 9.17) is 23.4 Å².